The first-order valence-electron chi connectivity index (χ1n) is 5.73. The summed E-state index contributed by atoms with van der Waals surface area (Å²) in [6.45, 7) is 4.39. The predicted molar refractivity (Wildman–Crippen MR) is 65.9 cm³/mol. The third-order valence-corrected chi connectivity index (χ3v) is 3.12. The average Bonchev–Trinajstić information content (AvgIpc) is 2.30. The largest absolute Gasteiger partial charge is 0.382 e. The van der Waals surface area contributed by atoms with Gasteiger partial charge in [-0.2, -0.15) is 0 Å². The Bertz CT molecular complexity index is 380. The van der Waals surface area contributed by atoms with Crippen LogP contribution in [0.25, 0.3) is 0 Å². The molecule has 0 saturated carbocycles. The van der Waals surface area contributed by atoms with Gasteiger partial charge in [0.1, 0.15) is 17.3 Å². The number of anilines is 1. The Morgan fingerprint density at radius 1 is 1.44 bits per heavy atom. The van der Waals surface area contributed by atoms with Crippen molar-refractivity contribution < 1.29 is 0 Å². The summed E-state index contributed by atoms with van der Waals surface area (Å²) in [6.07, 6.45) is 2.43. The number of nitrogens with two attached hydrogens (primary N) is 1. The van der Waals surface area contributed by atoms with Crippen LogP contribution in [-0.2, 0) is 0 Å². The molecule has 4 nitrogen and oxygen atoms in total. The van der Waals surface area contributed by atoms with Crippen LogP contribution in [-0.4, -0.2) is 23.9 Å². The fourth-order valence-corrected chi connectivity index (χ4v) is 1.99. The number of nitrogen functional groups attached to an aromatic ring is 1. The molecule has 0 unspecified atom stereocenters. The maximum Gasteiger partial charge on any atom is 0.141 e. The van der Waals surface area contributed by atoms with Crippen molar-refractivity contribution >= 4 is 11.7 Å². The summed E-state index contributed by atoms with van der Waals surface area (Å²) in [5.74, 6) is 1.79. The number of hydrogen-bond donors (Lipinski definition) is 2. The van der Waals surface area contributed by atoms with E-state index in [0.29, 0.717) is 5.69 Å². The van der Waals surface area contributed by atoms with E-state index >= 15 is 0 Å². The zero-order valence-electron chi connectivity index (χ0n) is 9.61. The van der Waals surface area contributed by atoms with Crippen molar-refractivity contribution in [2.24, 2.45) is 11.7 Å². The lowest BCUT2D eigenvalue weighted by atomic mass is 9.99. The third-order valence-electron chi connectivity index (χ3n) is 3.12. The number of nitrogens with zero attached hydrogens (tertiary/aromatic N) is 2. The summed E-state index contributed by atoms with van der Waals surface area (Å²) in [5, 5.41) is 7.37. The van der Waals surface area contributed by atoms with Gasteiger partial charge in [0, 0.05) is 13.1 Å². The van der Waals surface area contributed by atoms with Crippen LogP contribution >= 0.6 is 0 Å². The summed E-state index contributed by atoms with van der Waals surface area (Å²) in [5.41, 5.74) is 6.00. The maximum absolute atomic E-state index is 7.37. The second-order valence-corrected chi connectivity index (χ2v) is 4.46. The number of hydrogen-bond acceptors (Lipinski definition) is 3. The van der Waals surface area contributed by atoms with E-state index in [1.54, 1.807) is 6.07 Å². The number of amidine groups is 1. The van der Waals surface area contributed by atoms with Crippen LogP contribution in [0.1, 0.15) is 25.5 Å². The fourth-order valence-electron chi connectivity index (χ4n) is 1.99. The summed E-state index contributed by atoms with van der Waals surface area (Å²) in [4.78, 5) is 6.67. The Morgan fingerprint density at radius 2 is 2.12 bits per heavy atom. The van der Waals surface area contributed by atoms with E-state index < -0.39 is 0 Å². The molecule has 16 heavy (non-hydrogen) atoms. The first kappa shape index (κ1) is 10.9. The van der Waals surface area contributed by atoms with Gasteiger partial charge in [-0.15, -0.1) is 0 Å². The van der Waals surface area contributed by atoms with Gasteiger partial charge in [0.05, 0.1) is 0 Å². The lowest BCUT2D eigenvalue weighted by Gasteiger charge is -2.31. The van der Waals surface area contributed by atoms with Gasteiger partial charge < -0.3 is 10.6 Å². The molecule has 0 aliphatic carbocycles. The van der Waals surface area contributed by atoms with Crippen LogP contribution in [0.2, 0.25) is 0 Å². The Hall–Kier alpha value is -1.58. The first-order chi connectivity index (χ1) is 7.66. The number of aromatic nitrogens is 1. The lowest BCUT2D eigenvalue weighted by molar-refractivity contribution is 0.436. The van der Waals surface area contributed by atoms with Crippen molar-refractivity contribution in [3.63, 3.8) is 0 Å². The van der Waals surface area contributed by atoms with Crippen LogP contribution in [0, 0.1) is 11.3 Å². The van der Waals surface area contributed by atoms with E-state index in [-0.39, 0.29) is 5.84 Å². The molecular formula is C12H18N4. The van der Waals surface area contributed by atoms with Crippen molar-refractivity contribution in [3.8, 4) is 0 Å². The standard InChI is InChI=1S/C12H18N4/c1-9-5-7-16(8-6-9)11-4-2-3-10(15-11)12(13)14/h2-4,9H,5-8H2,1H3,(H3,13,14). The molecule has 1 aliphatic heterocycles. The van der Waals surface area contributed by atoms with Gasteiger partial charge in [-0.1, -0.05) is 13.0 Å². The van der Waals surface area contributed by atoms with E-state index in [1.165, 1.54) is 12.8 Å². The van der Waals surface area contributed by atoms with E-state index in [0.717, 1.165) is 24.8 Å². The first-order valence-corrected chi connectivity index (χ1v) is 5.73. The predicted octanol–water partition coefficient (Wildman–Crippen LogP) is 1.60. The molecule has 86 valence electrons. The minimum absolute atomic E-state index is 0.0345. The second kappa shape index (κ2) is 4.51. The normalized spacial score (nSPS) is 17.4. The molecule has 0 aromatic carbocycles. The van der Waals surface area contributed by atoms with Crippen molar-refractivity contribution in [3.05, 3.63) is 23.9 Å². The Morgan fingerprint density at radius 3 is 2.75 bits per heavy atom. The topological polar surface area (TPSA) is 66.0 Å². The zero-order chi connectivity index (χ0) is 11.5. The van der Waals surface area contributed by atoms with Crippen LogP contribution < -0.4 is 10.6 Å². The van der Waals surface area contributed by atoms with Crippen molar-refractivity contribution in [1.29, 1.82) is 5.41 Å². The molecule has 1 aromatic heterocycles. The summed E-state index contributed by atoms with van der Waals surface area (Å²) < 4.78 is 0. The van der Waals surface area contributed by atoms with Crippen LogP contribution in [0.4, 0.5) is 5.82 Å². The molecule has 1 aromatic rings. The summed E-state index contributed by atoms with van der Waals surface area (Å²) in [6, 6.07) is 5.68. The molecule has 4 heteroatoms. The quantitative estimate of drug-likeness (QED) is 0.585. The fraction of sp³-hybridized carbons (Fsp3) is 0.500. The molecule has 3 N–H and O–H groups in total. The maximum atomic E-state index is 7.37. The molecule has 0 atom stereocenters. The summed E-state index contributed by atoms with van der Waals surface area (Å²) >= 11 is 0. The number of nitrogens with one attached hydrogen (secondary N) is 1. The molecule has 0 bridgehead atoms. The Labute approximate surface area is 96.0 Å². The van der Waals surface area contributed by atoms with Crippen molar-refractivity contribution in [2.75, 3.05) is 18.0 Å². The molecule has 0 spiro atoms. The molecule has 1 aliphatic rings. The Balaban J connectivity index is 2.14. The van der Waals surface area contributed by atoms with Gasteiger partial charge in [0.15, 0.2) is 0 Å². The summed E-state index contributed by atoms with van der Waals surface area (Å²) in [7, 11) is 0. The van der Waals surface area contributed by atoms with Crippen molar-refractivity contribution in [2.45, 2.75) is 19.8 Å². The van der Waals surface area contributed by atoms with Gasteiger partial charge >= 0.3 is 0 Å². The van der Waals surface area contributed by atoms with Gasteiger partial charge in [-0.25, -0.2) is 4.98 Å². The lowest BCUT2D eigenvalue weighted by Crippen LogP contribution is -2.33. The van der Waals surface area contributed by atoms with Crippen molar-refractivity contribution in [1.82, 2.24) is 4.98 Å². The highest BCUT2D eigenvalue weighted by Crippen LogP contribution is 2.21. The van der Waals surface area contributed by atoms with Crippen LogP contribution in [0.3, 0.4) is 0 Å². The zero-order valence-corrected chi connectivity index (χ0v) is 9.61. The Kier molecular flexibility index (Phi) is 3.08. The second-order valence-electron chi connectivity index (χ2n) is 4.46. The number of piperidine rings is 1. The van der Waals surface area contributed by atoms with E-state index in [2.05, 4.69) is 16.8 Å². The molecular weight excluding hydrogens is 200 g/mol. The highest BCUT2D eigenvalue weighted by molar-refractivity contribution is 5.93. The van der Waals surface area contributed by atoms with E-state index in [4.69, 9.17) is 11.1 Å². The van der Waals surface area contributed by atoms with Crippen LogP contribution in [0.5, 0.6) is 0 Å². The highest BCUT2D eigenvalue weighted by atomic mass is 15.2. The average molecular weight is 218 g/mol. The van der Waals surface area contributed by atoms with Gasteiger partial charge in [0.25, 0.3) is 0 Å². The monoisotopic (exact) mass is 218 g/mol. The van der Waals surface area contributed by atoms with Crippen LogP contribution in [0.15, 0.2) is 18.2 Å². The van der Waals surface area contributed by atoms with E-state index in [1.807, 2.05) is 12.1 Å². The molecule has 1 fully saturated rings. The van der Waals surface area contributed by atoms with Gasteiger partial charge in [-0.3, -0.25) is 5.41 Å². The third kappa shape index (κ3) is 2.32. The smallest absolute Gasteiger partial charge is 0.141 e. The molecule has 0 radical (unpaired) electrons. The van der Waals surface area contributed by atoms with E-state index in [9.17, 15) is 0 Å². The molecule has 2 heterocycles. The molecule has 0 amide bonds. The minimum atomic E-state index is 0.0345. The minimum Gasteiger partial charge on any atom is -0.382 e. The molecule has 1 saturated heterocycles. The van der Waals surface area contributed by atoms with Gasteiger partial charge in [-0.05, 0) is 30.9 Å². The highest BCUT2D eigenvalue weighted by Gasteiger charge is 2.17. The number of pyridine rings is 1. The van der Waals surface area contributed by atoms with Gasteiger partial charge in [0.2, 0.25) is 0 Å². The molecule has 2 rings (SSSR count). The number of rotatable bonds is 2. The SMILES string of the molecule is CC1CCN(c2cccc(C(=N)N)n2)CC1.